The third kappa shape index (κ3) is 2.60. The van der Waals surface area contributed by atoms with Crippen LogP contribution < -0.4 is 0 Å². The van der Waals surface area contributed by atoms with Gasteiger partial charge in [0.25, 0.3) is 0 Å². The summed E-state index contributed by atoms with van der Waals surface area (Å²) in [6.07, 6.45) is 0.0527. The van der Waals surface area contributed by atoms with Gasteiger partial charge in [0.1, 0.15) is 0 Å². The van der Waals surface area contributed by atoms with E-state index >= 15 is 0 Å². The molecular weight excluding hydrogens is 165 g/mol. The zero-order valence-electron chi connectivity index (χ0n) is 5.75. The van der Waals surface area contributed by atoms with Gasteiger partial charge in [0.2, 0.25) is 0 Å². The molecule has 0 aliphatic carbocycles. The second kappa shape index (κ2) is 3.39. The molecular formula is C8H7ClO2. The fourth-order valence-corrected chi connectivity index (χ4v) is 0.903. The lowest BCUT2D eigenvalue weighted by Crippen LogP contribution is -1.99. The summed E-state index contributed by atoms with van der Waals surface area (Å²) in [6.45, 7) is 0. The van der Waals surface area contributed by atoms with Gasteiger partial charge in [0.05, 0.1) is 6.42 Å². The van der Waals surface area contributed by atoms with Crippen LogP contribution in [0.2, 0.25) is 5.02 Å². The van der Waals surface area contributed by atoms with Gasteiger partial charge in [0, 0.05) is 5.02 Å². The lowest BCUT2D eigenvalue weighted by Gasteiger charge is -1.95. The molecule has 0 amide bonds. The number of carboxylic acids is 1. The summed E-state index contributed by atoms with van der Waals surface area (Å²) in [5.41, 5.74) is 0.766. The molecule has 0 aliphatic rings. The Balaban J connectivity index is 2.74. The van der Waals surface area contributed by atoms with Gasteiger partial charge in [0.15, 0.2) is 0 Å². The van der Waals surface area contributed by atoms with Crippen LogP contribution >= 0.6 is 11.6 Å². The van der Waals surface area contributed by atoms with Crippen molar-refractivity contribution in [1.29, 1.82) is 0 Å². The van der Waals surface area contributed by atoms with Gasteiger partial charge in [-0.15, -0.1) is 0 Å². The Kier molecular flexibility index (Phi) is 2.49. The maximum absolute atomic E-state index is 10.2. The monoisotopic (exact) mass is 171 g/mol. The zero-order valence-corrected chi connectivity index (χ0v) is 6.51. The van der Waals surface area contributed by atoms with Crippen LogP contribution in [-0.4, -0.2) is 11.1 Å². The van der Waals surface area contributed by atoms with Crippen LogP contribution in [0.1, 0.15) is 5.56 Å². The highest BCUT2D eigenvalue weighted by molar-refractivity contribution is 6.30. The largest absolute Gasteiger partial charge is 0.481 e. The van der Waals surface area contributed by atoms with Crippen LogP contribution in [0.5, 0.6) is 0 Å². The van der Waals surface area contributed by atoms with E-state index in [-0.39, 0.29) is 6.42 Å². The SMILES string of the molecule is O=[13C](O)Cc1ccc(Cl)cc1. The van der Waals surface area contributed by atoms with Crippen LogP contribution in [0.15, 0.2) is 24.3 Å². The van der Waals surface area contributed by atoms with Crippen molar-refractivity contribution in [2.75, 3.05) is 0 Å². The normalized spacial score (nSPS) is 9.55. The van der Waals surface area contributed by atoms with E-state index in [1.54, 1.807) is 24.3 Å². The number of rotatable bonds is 2. The lowest BCUT2D eigenvalue weighted by atomic mass is 10.2. The Bertz CT molecular complexity index is 253. The van der Waals surface area contributed by atoms with Gasteiger partial charge >= 0.3 is 5.97 Å². The fourth-order valence-electron chi connectivity index (χ4n) is 0.777. The van der Waals surface area contributed by atoms with Gasteiger partial charge in [-0.1, -0.05) is 23.7 Å². The van der Waals surface area contributed by atoms with E-state index in [0.717, 1.165) is 5.56 Å². The molecule has 0 atom stereocenters. The summed E-state index contributed by atoms with van der Waals surface area (Å²) < 4.78 is 0. The number of benzene rings is 1. The molecule has 0 saturated heterocycles. The first-order valence-corrected chi connectivity index (χ1v) is 3.52. The van der Waals surface area contributed by atoms with E-state index in [1.165, 1.54) is 0 Å². The molecule has 0 bridgehead atoms. The molecule has 3 heteroatoms. The predicted octanol–water partition coefficient (Wildman–Crippen LogP) is 1.97. The maximum Gasteiger partial charge on any atom is 0.307 e. The average Bonchev–Trinajstić information content (AvgIpc) is 1.93. The van der Waals surface area contributed by atoms with E-state index in [0.29, 0.717) is 5.02 Å². The van der Waals surface area contributed by atoms with E-state index in [2.05, 4.69) is 0 Å². The van der Waals surface area contributed by atoms with Gasteiger partial charge in [-0.2, -0.15) is 0 Å². The Morgan fingerprint density at radius 1 is 1.36 bits per heavy atom. The molecule has 1 N–H and O–H groups in total. The second-order valence-corrected chi connectivity index (χ2v) is 2.63. The van der Waals surface area contributed by atoms with Crippen molar-refractivity contribution in [3.8, 4) is 0 Å². The topological polar surface area (TPSA) is 37.3 Å². The van der Waals surface area contributed by atoms with Crippen LogP contribution in [0.25, 0.3) is 0 Å². The first kappa shape index (κ1) is 8.08. The summed E-state index contributed by atoms with van der Waals surface area (Å²) >= 11 is 5.60. The van der Waals surface area contributed by atoms with Crippen LogP contribution in [0.3, 0.4) is 0 Å². The van der Waals surface area contributed by atoms with Gasteiger partial charge in [-0.05, 0) is 17.7 Å². The van der Waals surface area contributed by atoms with Gasteiger partial charge in [-0.25, -0.2) is 0 Å². The average molecular weight is 172 g/mol. The van der Waals surface area contributed by atoms with Crippen molar-refractivity contribution in [3.05, 3.63) is 34.9 Å². The number of halogens is 1. The summed E-state index contributed by atoms with van der Waals surface area (Å²) in [4.78, 5) is 10.2. The summed E-state index contributed by atoms with van der Waals surface area (Å²) in [5, 5.41) is 9.03. The molecule has 0 aromatic heterocycles. The molecule has 58 valence electrons. The number of carbonyl (C=O) groups is 1. The molecule has 1 rings (SSSR count). The smallest absolute Gasteiger partial charge is 0.307 e. The Morgan fingerprint density at radius 2 is 1.91 bits per heavy atom. The molecule has 0 heterocycles. The van der Waals surface area contributed by atoms with Gasteiger partial charge < -0.3 is 5.11 Å². The Hall–Kier alpha value is -1.02. The van der Waals surface area contributed by atoms with Crippen LogP contribution in [0, 0.1) is 0 Å². The molecule has 0 radical (unpaired) electrons. The van der Waals surface area contributed by atoms with E-state index in [1.807, 2.05) is 0 Å². The molecule has 0 aliphatic heterocycles. The molecule has 1 aromatic carbocycles. The highest BCUT2D eigenvalue weighted by Crippen LogP contribution is 2.09. The Labute approximate surface area is 69.4 Å². The third-order valence-electron chi connectivity index (χ3n) is 1.27. The van der Waals surface area contributed by atoms with Crippen molar-refractivity contribution in [2.45, 2.75) is 6.42 Å². The Morgan fingerprint density at radius 3 is 2.36 bits per heavy atom. The number of carboxylic acid groups (broad SMARTS) is 1. The predicted molar refractivity (Wildman–Crippen MR) is 42.8 cm³/mol. The highest BCUT2D eigenvalue weighted by atomic mass is 35.5. The van der Waals surface area contributed by atoms with E-state index in [9.17, 15) is 4.79 Å². The van der Waals surface area contributed by atoms with Crippen molar-refractivity contribution < 1.29 is 9.90 Å². The number of hydrogen-bond acceptors (Lipinski definition) is 1. The lowest BCUT2D eigenvalue weighted by molar-refractivity contribution is -0.136. The molecule has 1 aromatic rings. The highest BCUT2D eigenvalue weighted by Gasteiger charge is 1.98. The van der Waals surface area contributed by atoms with Crippen molar-refractivity contribution in [1.82, 2.24) is 0 Å². The van der Waals surface area contributed by atoms with Crippen LogP contribution in [-0.2, 0) is 11.2 Å². The molecule has 0 fully saturated rings. The first-order valence-electron chi connectivity index (χ1n) is 3.15. The summed E-state index contributed by atoms with van der Waals surface area (Å²) in [5.74, 6) is -0.827. The molecule has 0 spiro atoms. The zero-order chi connectivity index (χ0) is 8.27. The summed E-state index contributed by atoms with van der Waals surface area (Å²) in [7, 11) is 0. The molecule has 2 nitrogen and oxygen atoms in total. The minimum atomic E-state index is -0.827. The van der Waals surface area contributed by atoms with Crippen LogP contribution in [0.4, 0.5) is 0 Å². The molecule has 11 heavy (non-hydrogen) atoms. The minimum absolute atomic E-state index is 0.0527. The van der Waals surface area contributed by atoms with Crippen molar-refractivity contribution in [3.63, 3.8) is 0 Å². The molecule has 0 unspecified atom stereocenters. The van der Waals surface area contributed by atoms with Crippen molar-refractivity contribution >= 4 is 17.6 Å². The van der Waals surface area contributed by atoms with E-state index < -0.39 is 5.97 Å². The van der Waals surface area contributed by atoms with E-state index in [4.69, 9.17) is 16.7 Å². The number of aliphatic carboxylic acids is 1. The fraction of sp³-hybridized carbons (Fsp3) is 0.125. The summed E-state index contributed by atoms with van der Waals surface area (Å²) in [6, 6.07) is 6.77. The third-order valence-corrected chi connectivity index (χ3v) is 1.52. The second-order valence-electron chi connectivity index (χ2n) is 2.20. The molecule has 0 saturated carbocycles. The van der Waals surface area contributed by atoms with Gasteiger partial charge in [-0.3, -0.25) is 4.79 Å². The first-order chi connectivity index (χ1) is 5.18. The minimum Gasteiger partial charge on any atom is -0.481 e. The van der Waals surface area contributed by atoms with Crippen molar-refractivity contribution in [2.24, 2.45) is 0 Å². The quantitative estimate of drug-likeness (QED) is 0.691. The standard InChI is InChI=1S/C8H7ClO2/c9-7-3-1-6(2-4-7)5-8(10)11/h1-4H,5H2,(H,10,11)/i8+1. The maximum atomic E-state index is 10.2. The number of hydrogen-bond donors (Lipinski definition) is 1.